The van der Waals surface area contributed by atoms with Gasteiger partial charge in [-0.3, -0.25) is 14.9 Å². The van der Waals surface area contributed by atoms with Gasteiger partial charge in [-0.05, 0) is 38.6 Å². The minimum absolute atomic E-state index is 0.160. The highest BCUT2D eigenvalue weighted by molar-refractivity contribution is 6.00. The third-order valence-corrected chi connectivity index (χ3v) is 3.36. The summed E-state index contributed by atoms with van der Waals surface area (Å²) in [6, 6.07) is -0.197. The zero-order valence-electron chi connectivity index (χ0n) is 10.0. The normalized spacial score (nSPS) is 29.4. The molecule has 2 unspecified atom stereocenters. The molecule has 2 aliphatic heterocycles. The van der Waals surface area contributed by atoms with Crippen LogP contribution >= 0.6 is 0 Å². The molecule has 0 spiro atoms. The van der Waals surface area contributed by atoms with Gasteiger partial charge in [-0.25, -0.2) is 0 Å². The first kappa shape index (κ1) is 12.5. The molecule has 5 heteroatoms. The summed E-state index contributed by atoms with van der Waals surface area (Å²) in [5, 5.41) is 5.54. The Kier molecular flexibility index (Phi) is 4.50. The Morgan fingerprint density at radius 1 is 1.35 bits per heavy atom. The van der Waals surface area contributed by atoms with Crippen LogP contribution in [0.15, 0.2) is 0 Å². The summed E-state index contributed by atoms with van der Waals surface area (Å²) in [6.45, 7) is 1.71. The maximum absolute atomic E-state index is 11.4. The Balaban J connectivity index is 1.58. The topological polar surface area (TPSA) is 67.4 Å². The van der Waals surface area contributed by atoms with Gasteiger partial charge in [0.1, 0.15) is 0 Å². The van der Waals surface area contributed by atoms with Crippen molar-refractivity contribution < 1.29 is 14.3 Å². The van der Waals surface area contributed by atoms with Gasteiger partial charge in [0.15, 0.2) is 0 Å². The lowest BCUT2D eigenvalue weighted by Gasteiger charge is -2.22. The Hall–Kier alpha value is -0.940. The van der Waals surface area contributed by atoms with Crippen LogP contribution in [0, 0.1) is 0 Å². The van der Waals surface area contributed by atoms with Crippen molar-refractivity contribution >= 4 is 11.8 Å². The van der Waals surface area contributed by atoms with Crippen LogP contribution in [0.25, 0.3) is 0 Å². The van der Waals surface area contributed by atoms with Crippen LogP contribution in [0.4, 0.5) is 0 Å². The first-order valence-electron chi connectivity index (χ1n) is 6.44. The molecule has 2 N–H and O–H groups in total. The Bertz CT molecular complexity index is 287. The van der Waals surface area contributed by atoms with Gasteiger partial charge in [-0.1, -0.05) is 0 Å². The number of carbonyl (C=O) groups excluding carboxylic acids is 2. The van der Waals surface area contributed by atoms with Gasteiger partial charge in [0.2, 0.25) is 11.8 Å². The summed E-state index contributed by atoms with van der Waals surface area (Å²) in [4.78, 5) is 22.4. The minimum Gasteiger partial charge on any atom is -0.378 e. The van der Waals surface area contributed by atoms with Crippen LogP contribution in [0.1, 0.15) is 38.5 Å². The number of hydrogen-bond acceptors (Lipinski definition) is 4. The summed E-state index contributed by atoms with van der Waals surface area (Å²) < 4.78 is 5.53. The molecule has 2 rings (SSSR count). The lowest BCUT2D eigenvalue weighted by Crippen LogP contribution is -2.50. The number of ether oxygens (including phenoxy) is 1. The zero-order valence-corrected chi connectivity index (χ0v) is 10.0. The van der Waals surface area contributed by atoms with Crippen molar-refractivity contribution in [1.82, 2.24) is 10.6 Å². The summed E-state index contributed by atoms with van der Waals surface area (Å²) >= 11 is 0. The highest BCUT2D eigenvalue weighted by Gasteiger charge is 2.25. The Morgan fingerprint density at radius 2 is 2.24 bits per heavy atom. The van der Waals surface area contributed by atoms with Crippen LogP contribution in [0.2, 0.25) is 0 Å². The molecule has 0 aromatic carbocycles. The van der Waals surface area contributed by atoms with Crippen molar-refractivity contribution in [1.29, 1.82) is 0 Å². The largest absolute Gasteiger partial charge is 0.378 e. The predicted octanol–water partition coefficient (Wildman–Crippen LogP) is 0.340. The maximum atomic E-state index is 11.4. The molecule has 17 heavy (non-hydrogen) atoms. The molecule has 0 bridgehead atoms. The van der Waals surface area contributed by atoms with Crippen molar-refractivity contribution in [3.8, 4) is 0 Å². The molecule has 0 radical (unpaired) electrons. The van der Waals surface area contributed by atoms with Crippen LogP contribution in [-0.4, -0.2) is 37.1 Å². The third kappa shape index (κ3) is 3.78. The Morgan fingerprint density at radius 3 is 2.94 bits per heavy atom. The van der Waals surface area contributed by atoms with Gasteiger partial charge in [0, 0.05) is 13.0 Å². The summed E-state index contributed by atoms with van der Waals surface area (Å²) in [5.74, 6) is -0.342. The number of piperidine rings is 1. The van der Waals surface area contributed by atoms with Crippen molar-refractivity contribution in [2.45, 2.75) is 50.7 Å². The van der Waals surface area contributed by atoms with E-state index in [4.69, 9.17) is 4.74 Å². The molecule has 2 heterocycles. The number of nitrogens with one attached hydrogen (secondary N) is 2. The number of amides is 2. The van der Waals surface area contributed by atoms with Gasteiger partial charge >= 0.3 is 0 Å². The van der Waals surface area contributed by atoms with E-state index in [1.165, 1.54) is 12.8 Å². The molecule has 2 atom stereocenters. The molecule has 0 aliphatic carbocycles. The minimum atomic E-state index is -0.197. The third-order valence-electron chi connectivity index (χ3n) is 3.36. The number of hydrogen-bond donors (Lipinski definition) is 2. The molecular formula is C12H20N2O3. The standard InChI is InChI=1S/C12H20N2O3/c15-11-6-5-10(12(16)14-11)13-7-1-3-9-4-2-8-17-9/h9-10,13H,1-8H2,(H,14,15,16). The quantitative estimate of drug-likeness (QED) is 0.537. The van der Waals surface area contributed by atoms with Crippen molar-refractivity contribution in [2.75, 3.05) is 13.2 Å². The zero-order chi connectivity index (χ0) is 12.1. The molecule has 2 amide bonds. The summed E-state index contributed by atoms with van der Waals surface area (Å²) in [7, 11) is 0. The molecule has 96 valence electrons. The van der Waals surface area contributed by atoms with E-state index in [-0.39, 0.29) is 17.9 Å². The fraction of sp³-hybridized carbons (Fsp3) is 0.833. The molecule has 0 aromatic heterocycles. The highest BCUT2D eigenvalue weighted by atomic mass is 16.5. The van der Waals surface area contributed by atoms with Gasteiger partial charge in [-0.2, -0.15) is 0 Å². The molecule has 5 nitrogen and oxygen atoms in total. The average molecular weight is 240 g/mol. The fourth-order valence-electron chi connectivity index (χ4n) is 2.37. The van der Waals surface area contributed by atoms with E-state index in [1.54, 1.807) is 0 Å². The monoisotopic (exact) mass is 240 g/mol. The van der Waals surface area contributed by atoms with E-state index in [0.29, 0.717) is 18.9 Å². The second-order valence-electron chi connectivity index (χ2n) is 4.74. The van der Waals surface area contributed by atoms with E-state index < -0.39 is 0 Å². The average Bonchev–Trinajstić information content (AvgIpc) is 2.79. The first-order valence-corrected chi connectivity index (χ1v) is 6.44. The molecule has 0 saturated carbocycles. The first-order chi connectivity index (χ1) is 8.25. The fourth-order valence-corrected chi connectivity index (χ4v) is 2.37. The van der Waals surface area contributed by atoms with Gasteiger partial charge in [-0.15, -0.1) is 0 Å². The van der Waals surface area contributed by atoms with Crippen LogP contribution in [-0.2, 0) is 14.3 Å². The second kappa shape index (κ2) is 6.12. The van der Waals surface area contributed by atoms with Gasteiger partial charge in [0.25, 0.3) is 0 Å². The number of imide groups is 1. The molecule has 0 aromatic rings. The number of carbonyl (C=O) groups is 2. The van der Waals surface area contributed by atoms with E-state index in [1.807, 2.05) is 0 Å². The molecule has 2 saturated heterocycles. The van der Waals surface area contributed by atoms with E-state index >= 15 is 0 Å². The van der Waals surface area contributed by atoms with Crippen LogP contribution in [0.5, 0.6) is 0 Å². The SMILES string of the molecule is O=C1CCC(NCCCC2CCCO2)C(=O)N1. The second-order valence-corrected chi connectivity index (χ2v) is 4.74. The lowest BCUT2D eigenvalue weighted by molar-refractivity contribution is -0.134. The number of rotatable bonds is 5. The smallest absolute Gasteiger partial charge is 0.243 e. The Labute approximate surface area is 101 Å². The van der Waals surface area contributed by atoms with E-state index in [0.717, 1.165) is 26.0 Å². The van der Waals surface area contributed by atoms with Gasteiger partial charge in [0.05, 0.1) is 12.1 Å². The predicted molar refractivity (Wildman–Crippen MR) is 62.4 cm³/mol. The molecular weight excluding hydrogens is 220 g/mol. The molecule has 2 aliphatic rings. The van der Waals surface area contributed by atoms with Crippen molar-refractivity contribution in [2.24, 2.45) is 0 Å². The van der Waals surface area contributed by atoms with Crippen LogP contribution in [0.3, 0.4) is 0 Å². The molecule has 2 fully saturated rings. The van der Waals surface area contributed by atoms with Crippen LogP contribution < -0.4 is 10.6 Å². The van der Waals surface area contributed by atoms with Crippen molar-refractivity contribution in [3.63, 3.8) is 0 Å². The van der Waals surface area contributed by atoms with Gasteiger partial charge < -0.3 is 10.1 Å². The summed E-state index contributed by atoms with van der Waals surface area (Å²) in [6.07, 6.45) is 5.88. The van der Waals surface area contributed by atoms with E-state index in [9.17, 15) is 9.59 Å². The van der Waals surface area contributed by atoms with Crippen molar-refractivity contribution in [3.05, 3.63) is 0 Å². The summed E-state index contributed by atoms with van der Waals surface area (Å²) in [5.41, 5.74) is 0. The maximum Gasteiger partial charge on any atom is 0.243 e. The lowest BCUT2D eigenvalue weighted by atomic mass is 10.1. The van der Waals surface area contributed by atoms with E-state index in [2.05, 4.69) is 10.6 Å². The highest BCUT2D eigenvalue weighted by Crippen LogP contribution is 2.16.